The fourth-order valence-electron chi connectivity index (χ4n) is 2.39. The molecule has 1 fully saturated rings. The van der Waals surface area contributed by atoms with E-state index in [0.29, 0.717) is 5.92 Å². The van der Waals surface area contributed by atoms with Gasteiger partial charge in [-0.25, -0.2) is 4.98 Å². The highest BCUT2D eigenvalue weighted by Gasteiger charge is 2.21. The van der Waals surface area contributed by atoms with Crippen molar-refractivity contribution in [1.29, 1.82) is 0 Å². The van der Waals surface area contributed by atoms with Crippen LogP contribution in [0.1, 0.15) is 18.0 Å². The van der Waals surface area contributed by atoms with Crippen molar-refractivity contribution < 1.29 is 0 Å². The molecule has 1 aliphatic heterocycles. The van der Waals surface area contributed by atoms with Gasteiger partial charge in [0.1, 0.15) is 0 Å². The van der Waals surface area contributed by atoms with Crippen LogP contribution in [0, 0.1) is 3.57 Å². The van der Waals surface area contributed by atoms with Gasteiger partial charge in [-0.2, -0.15) is 0 Å². The van der Waals surface area contributed by atoms with Gasteiger partial charge >= 0.3 is 0 Å². The van der Waals surface area contributed by atoms with Crippen molar-refractivity contribution in [2.45, 2.75) is 12.3 Å². The molecule has 1 aromatic carbocycles. The van der Waals surface area contributed by atoms with E-state index >= 15 is 0 Å². The molecular formula is C13H13ClIN3. The first kappa shape index (κ1) is 12.4. The highest BCUT2D eigenvalue weighted by molar-refractivity contribution is 14.1. The van der Waals surface area contributed by atoms with Gasteiger partial charge in [0.25, 0.3) is 0 Å². The summed E-state index contributed by atoms with van der Waals surface area (Å²) in [5.41, 5.74) is 2.25. The van der Waals surface area contributed by atoms with Crippen molar-refractivity contribution in [3.63, 3.8) is 0 Å². The largest absolute Gasteiger partial charge is 0.316 e. The molecule has 0 spiro atoms. The molecule has 5 heteroatoms. The van der Waals surface area contributed by atoms with Gasteiger partial charge in [0.2, 0.25) is 0 Å². The molecule has 0 aliphatic carbocycles. The topological polar surface area (TPSA) is 29.9 Å². The Bertz CT molecular complexity index is 561. The Hall–Kier alpha value is -0.590. The van der Waals surface area contributed by atoms with Gasteiger partial charge in [-0.3, -0.25) is 0 Å². The summed E-state index contributed by atoms with van der Waals surface area (Å²) in [5, 5.41) is 4.16. The van der Waals surface area contributed by atoms with Crippen LogP contribution in [-0.2, 0) is 0 Å². The number of rotatable bonds is 2. The van der Waals surface area contributed by atoms with Crippen molar-refractivity contribution in [3.05, 3.63) is 45.0 Å². The third-order valence-electron chi connectivity index (χ3n) is 3.31. The third-order valence-corrected chi connectivity index (χ3v) is 4.29. The molecule has 1 unspecified atom stereocenters. The van der Waals surface area contributed by atoms with E-state index in [0.717, 1.165) is 33.8 Å². The molecule has 0 bridgehead atoms. The molecule has 94 valence electrons. The van der Waals surface area contributed by atoms with E-state index in [4.69, 9.17) is 11.6 Å². The van der Waals surface area contributed by atoms with E-state index in [1.165, 1.54) is 5.69 Å². The number of benzene rings is 1. The van der Waals surface area contributed by atoms with E-state index < -0.39 is 0 Å². The van der Waals surface area contributed by atoms with E-state index in [2.05, 4.69) is 49.6 Å². The van der Waals surface area contributed by atoms with Gasteiger partial charge < -0.3 is 9.88 Å². The molecule has 1 atom stereocenters. The van der Waals surface area contributed by atoms with Crippen LogP contribution in [0.2, 0.25) is 5.02 Å². The minimum atomic E-state index is 0.530. The summed E-state index contributed by atoms with van der Waals surface area (Å²) in [6.07, 6.45) is 4.96. The number of nitrogens with one attached hydrogen (secondary N) is 1. The summed E-state index contributed by atoms with van der Waals surface area (Å²) in [6.45, 7) is 2.10. The molecule has 0 amide bonds. The molecular weight excluding hydrogens is 361 g/mol. The summed E-state index contributed by atoms with van der Waals surface area (Å²) < 4.78 is 3.25. The highest BCUT2D eigenvalue weighted by atomic mass is 127. The lowest BCUT2D eigenvalue weighted by Gasteiger charge is -2.14. The predicted octanol–water partition coefficient (Wildman–Crippen LogP) is 3.21. The van der Waals surface area contributed by atoms with Crippen molar-refractivity contribution >= 4 is 34.2 Å². The van der Waals surface area contributed by atoms with E-state index in [9.17, 15) is 0 Å². The number of halogens is 2. The van der Waals surface area contributed by atoms with Crippen molar-refractivity contribution in [3.8, 4) is 5.69 Å². The van der Waals surface area contributed by atoms with Crippen LogP contribution >= 0.6 is 34.2 Å². The molecule has 1 aromatic heterocycles. The summed E-state index contributed by atoms with van der Waals surface area (Å²) in [4.78, 5) is 4.28. The Labute approximate surface area is 125 Å². The van der Waals surface area contributed by atoms with Crippen LogP contribution < -0.4 is 5.32 Å². The first-order chi connectivity index (χ1) is 8.75. The van der Waals surface area contributed by atoms with Crippen LogP contribution in [-0.4, -0.2) is 22.6 Å². The minimum absolute atomic E-state index is 0.530. The maximum absolute atomic E-state index is 6.33. The molecule has 1 aliphatic rings. The molecule has 3 nitrogen and oxygen atoms in total. The van der Waals surface area contributed by atoms with Gasteiger partial charge in [-0.05, 0) is 53.8 Å². The van der Waals surface area contributed by atoms with Gasteiger partial charge in [-0.1, -0.05) is 11.6 Å². The molecule has 18 heavy (non-hydrogen) atoms. The molecule has 1 saturated heterocycles. The second-order valence-electron chi connectivity index (χ2n) is 4.47. The lowest BCUT2D eigenvalue weighted by molar-refractivity contribution is 0.714. The normalized spacial score (nSPS) is 19.3. The average molecular weight is 374 g/mol. The zero-order chi connectivity index (χ0) is 12.5. The molecule has 1 N–H and O–H groups in total. The van der Waals surface area contributed by atoms with Crippen molar-refractivity contribution in [2.24, 2.45) is 0 Å². The SMILES string of the molecule is Clc1cc(I)ccc1-n1cncc1C1CCNC1. The molecule has 0 radical (unpaired) electrons. The second-order valence-corrected chi connectivity index (χ2v) is 6.13. The Balaban J connectivity index is 2.03. The quantitative estimate of drug-likeness (QED) is 0.819. The van der Waals surface area contributed by atoms with Gasteiger partial charge in [0, 0.05) is 27.9 Å². The lowest BCUT2D eigenvalue weighted by Crippen LogP contribution is -2.10. The highest BCUT2D eigenvalue weighted by Crippen LogP contribution is 2.28. The van der Waals surface area contributed by atoms with Crippen LogP contribution in [0.25, 0.3) is 5.69 Å². The standard InChI is InChI=1S/C13H13ClIN3/c14-11-5-10(15)1-2-12(11)18-8-17-7-13(18)9-3-4-16-6-9/h1-2,5,7-9,16H,3-4,6H2. The molecule has 2 heterocycles. The van der Waals surface area contributed by atoms with E-state index in [-0.39, 0.29) is 0 Å². The monoisotopic (exact) mass is 373 g/mol. The lowest BCUT2D eigenvalue weighted by atomic mass is 10.1. The molecule has 0 saturated carbocycles. The number of hydrogen-bond acceptors (Lipinski definition) is 2. The minimum Gasteiger partial charge on any atom is -0.316 e. The third kappa shape index (κ3) is 2.29. The van der Waals surface area contributed by atoms with Gasteiger partial charge in [0.15, 0.2) is 0 Å². The van der Waals surface area contributed by atoms with Crippen LogP contribution in [0.4, 0.5) is 0 Å². The van der Waals surface area contributed by atoms with Crippen molar-refractivity contribution in [2.75, 3.05) is 13.1 Å². The van der Waals surface area contributed by atoms with E-state index in [1.54, 1.807) is 0 Å². The Morgan fingerprint density at radius 3 is 3.06 bits per heavy atom. The second kappa shape index (κ2) is 5.19. The summed E-state index contributed by atoms with van der Waals surface area (Å²) in [7, 11) is 0. The van der Waals surface area contributed by atoms with E-state index in [1.807, 2.05) is 18.6 Å². The fraction of sp³-hybridized carbons (Fsp3) is 0.308. The Morgan fingerprint density at radius 2 is 2.33 bits per heavy atom. The number of nitrogens with zero attached hydrogens (tertiary/aromatic N) is 2. The first-order valence-corrected chi connectivity index (χ1v) is 7.40. The van der Waals surface area contributed by atoms with Gasteiger partial charge in [0.05, 0.1) is 17.0 Å². The van der Waals surface area contributed by atoms with Crippen molar-refractivity contribution in [1.82, 2.24) is 14.9 Å². The summed E-state index contributed by atoms with van der Waals surface area (Å²) >= 11 is 8.60. The molecule has 3 rings (SSSR count). The maximum atomic E-state index is 6.33. The Kier molecular flexibility index (Phi) is 3.59. The number of aromatic nitrogens is 2. The summed E-state index contributed by atoms with van der Waals surface area (Å²) in [5.74, 6) is 0.530. The summed E-state index contributed by atoms with van der Waals surface area (Å²) in [6, 6.07) is 6.10. The van der Waals surface area contributed by atoms with Gasteiger partial charge in [-0.15, -0.1) is 0 Å². The fourth-order valence-corrected chi connectivity index (χ4v) is 3.34. The number of imidazole rings is 1. The zero-order valence-electron chi connectivity index (χ0n) is 9.74. The zero-order valence-corrected chi connectivity index (χ0v) is 12.6. The smallest absolute Gasteiger partial charge is 0.0994 e. The number of hydrogen-bond donors (Lipinski definition) is 1. The Morgan fingerprint density at radius 1 is 1.44 bits per heavy atom. The van der Waals surface area contributed by atoms with Crippen LogP contribution in [0.15, 0.2) is 30.7 Å². The first-order valence-electron chi connectivity index (χ1n) is 5.94. The predicted molar refractivity (Wildman–Crippen MR) is 81.5 cm³/mol. The van der Waals surface area contributed by atoms with Crippen LogP contribution in [0.5, 0.6) is 0 Å². The molecule has 2 aromatic rings. The maximum Gasteiger partial charge on any atom is 0.0994 e. The average Bonchev–Trinajstić information content (AvgIpc) is 2.98. The van der Waals surface area contributed by atoms with Crippen LogP contribution in [0.3, 0.4) is 0 Å².